The predicted molar refractivity (Wildman–Crippen MR) is 67.3 cm³/mol. The van der Waals surface area contributed by atoms with Crippen LogP contribution >= 0.6 is 11.8 Å². The lowest BCUT2D eigenvalue weighted by atomic mass is 10.6. The number of nitrogens with zero attached hydrogens (tertiary/aromatic N) is 2. The molecule has 6 nitrogen and oxygen atoms in total. The quantitative estimate of drug-likeness (QED) is 0.647. The van der Waals surface area contributed by atoms with Gasteiger partial charge in [-0.25, -0.2) is 9.59 Å². The van der Waals surface area contributed by atoms with Crippen molar-refractivity contribution >= 4 is 23.8 Å². The molecule has 2 heterocycles. The van der Waals surface area contributed by atoms with Crippen LogP contribution in [-0.2, 0) is 0 Å². The minimum absolute atomic E-state index is 0.0459. The summed E-state index contributed by atoms with van der Waals surface area (Å²) in [6.07, 6.45) is 0. The van der Waals surface area contributed by atoms with Crippen LogP contribution in [0.15, 0.2) is 0 Å². The molecular formula is C10H18N4O2S. The van der Waals surface area contributed by atoms with E-state index < -0.39 is 0 Å². The van der Waals surface area contributed by atoms with E-state index in [1.54, 1.807) is 11.8 Å². The second-order valence-electron chi connectivity index (χ2n) is 4.05. The first-order chi connectivity index (χ1) is 8.27. The lowest BCUT2D eigenvalue weighted by molar-refractivity contribution is 0.219. The molecule has 2 saturated heterocycles. The molecule has 0 saturated carbocycles. The minimum atomic E-state index is 0.0459. The third kappa shape index (κ3) is 3.42. The highest BCUT2D eigenvalue weighted by Gasteiger charge is 2.19. The summed E-state index contributed by atoms with van der Waals surface area (Å²) >= 11 is 1.79. The van der Waals surface area contributed by atoms with E-state index in [4.69, 9.17) is 0 Å². The van der Waals surface area contributed by atoms with E-state index in [0.717, 1.165) is 50.8 Å². The van der Waals surface area contributed by atoms with Crippen molar-refractivity contribution in [2.45, 2.75) is 0 Å². The van der Waals surface area contributed by atoms with Gasteiger partial charge in [-0.3, -0.25) is 0 Å². The Bertz CT molecular complexity index is 272. The molecule has 96 valence electrons. The molecule has 0 bridgehead atoms. The molecule has 2 aliphatic heterocycles. The van der Waals surface area contributed by atoms with Crippen molar-refractivity contribution in [3.05, 3.63) is 0 Å². The Balaban J connectivity index is 1.51. The highest BCUT2D eigenvalue weighted by Crippen LogP contribution is 2.05. The van der Waals surface area contributed by atoms with Gasteiger partial charge in [-0.15, -0.1) is 0 Å². The number of urea groups is 2. The number of thioether (sulfide) groups is 1. The second kappa shape index (κ2) is 6.00. The molecule has 2 aliphatic rings. The molecule has 17 heavy (non-hydrogen) atoms. The molecule has 0 aliphatic carbocycles. The first-order valence-electron chi connectivity index (χ1n) is 5.90. The number of rotatable bonds is 6. The zero-order chi connectivity index (χ0) is 12.1. The molecule has 0 aromatic heterocycles. The van der Waals surface area contributed by atoms with Gasteiger partial charge in [-0.2, -0.15) is 11.8 Å². The number of carbonyl (C=O) groups is 2. The number of hydrogen-bond donors (Lipinski definition) is 2. The van der Waals surface area contributed by atoms with Crippen LogP contribution in [-0.4, -0.2) is 72.6 Å². The predicted octanol–water partition coefficient (Wildman–Crippen LogP) is -0.230. The molecule has 0 atom stereocenters. The zero-order valence-corrected chi connectivity index (χ0v) is 10.6. The Morgan fingerprint density at radius 2 is 1.41 bits per heavy atom. The largest absolute Gasteiger partial charge is 0.336 e. The van der Waals surface area contributed by atoms with E-state index in [9.17, 15) is 9.59 Å². The summed E-state index contributed by atoms with van der Waals surface area (Å²) in [4.78, 5) is 26.1. The number of amides is 4. The molecule has 2 N–H and O–H groups in total. The summed E-state index contributed by atoms with van der Waals surface area (Å²) in [6, 6.07) is 0.0917. The highest BCUT2D eigenvalue weighted by atomic mass is 32.2. The van der Waals surface area contributed by atoms with Crippen LogP contribution in [0.4, 0.5) is 9.59 Å². The maximum Gasteiger partial charge on any atom is 0.317 e. The SMILES string of the molecule is O=C1NCCN1CCSCCN1CCNC1=O. The van der Waals surface area contributed by atoms with Gasteiger partial charge in [0.1, 0.15) is 0 Å². The van der Waals surface area contributed by atoms with Crippen LogP contribution in [0.2, 0.25) is 0 Å². The molecule has 2 rings (SSSR count). The molecule has 0 unspecified atom stereocenters. The van der Waals surface area contributed by atoms with Gasteiger partial charge in [0.05, 0.1) is 0 Å². The molecule has 0 aromatic rings. The van der Waals surface area contributed by atoms with Crippen molar-refractivity contribution in [1.29, 1.82) is 0 Å². The number of hydrogen-bond acceptors (Lipinski definition) is 3. The normalized spacial score (nSPS) is 19.8. The van der Waals surface area contributed by atoms with Crippen molar-refractivity contribution in [3.63, 3.8) is 0 Å². The fraction of sp³-hybridized carbons (Fsp3) is 0.800. The third-order valence-electron chi connectivity index (χ3n) is 2.90. The first-order valence-corrected chi connectivity index (χ1v) is 7.06. The van der Waals surface area contributed by atoms with Crippen molar-refractivity contribution in [3.8, 4) is 0 Å². The lowest BCUT2D eigenvalue weighted by Crippen LogP contribution is -2.31. The third-order valence-corrected chi connectivity index (χ3v) is 3.84. The standard InChI is InChI=1S/C10H18N4O2S/c15-9-11-1-3-13(9)5-7-17-8-6-14-4-2-12-10(14)16/h1-8H2,(H,11,15)(H,12,16). The van der Waals surface area contributed by atoms with Gasteiger partial charge in [0.25, 0.3) is 0 Å². The van der Waals surface area contributed by atoms with Crippen LogP contribution in [0.25, 0.3) is 0 Å². The first kappa shape index (κ1) is 12.3. The van der Waals surface area contributed by atoms with E-state index in [-0.39, 0.29) is 12.1 Å². The molecule has 0 spiro atoms. The van der Waals surface area contributed by atoms with E-state index in [1.807, 2.05) is 9.80 Å². The average molecular weight is 258 g/mol. The Morgan fingerprint density at radius 1 is 0.941 bits per heavy atom. The summed E-state index contributed by atoms with van der Waals surface area (Å²) in [5.41, 5.74) is 0. The smallest absolute Gasteiger partial charge is 0.317 e. The number of carbonyl (C=O) groups excluding carboxylic acids is 2. The monoisotopic (exact) mass is 258 g/mol. The van der Waals surface area contributed by atoms with Crippen LogP contribution in [0.5, 0.6) is 0 Å². The average Bonchev–Trinajstić information content (AvgIpc) is 2.89. The van der Waals surface area contributed by atoms with Crippen molar-refractivity contribution < 1.29 is 9.59 Å². The van der Waals surface area contributed by atoms with Crippen molar-refractivity contribution in [1.82, 2.24) is 20.4 Å². The van der Waals surface area contributed by atoms with E-state index in [1.165, 1.54) is 0 Å². The summed E-state index contributed by atoms with van der Waals surface area (Å²) in [5.74, 6) is 1.87. The van der Waals surface area contributed by atoms with Crippen LogP contribution in [0, 0.1) is 0 Å². The van der Waals surface area contributed by atoms with Crippen LogP contribution in [0.3, 0.4) is 0 Å². The Morgan fingerprint density at radius 3 is 1.76 bits per heavy atom. The van der Waals surface area contributed by atoms with Gasteiger partial charge < -0.3 is 20.4 Å². The summed E-state index contributed by atoms with van der Waals surface area (Å²) in [5, 5.41) is 5.56. The fourth-order valence-electron chi connectivity index (χ4n) is 1.90. The molecular weight excluding hydrogens is 240 g/mol. The van der Waals surface area contributed by atoms with Gasteiger partial charge in [0.2, 0.25) is 0 Å². The maximum atomic E-state index is 11.2. The zero-order valence-electron chi connectivity index (χ0n) is 9.78. The van der Waals surface area contributed by atoms with Gasteiger partial charge in [0, 0.05) is 50.8 Å². The lowest BCUT2D eigenvalue weighted by Gasteiger charge is -2.15. The summed E-state index contributed by atoms with van der Waals surface area (Å²) in [7, 11) is 0. The van der Waals surface area contributed by atoms with E-state index in [0.29, 0.717) is 0 Å². The van der Waals surface area contributed by atoms with Crippen LogP contribution < -0.4 is 10.6 Å². The second-order valence-corrected chi connectivity index (χ2v) is 5.28. The summed E-state index contributed by atoms with van der Waals surface area (Å²) in [6.45, 7) is 4.74. The summed E-state index contributed by atoms with van der Waals surface area (Å²) < 4.78 is 0. The molecule has 2 fully saturated rings. The Hall–Kier alpha value is -1.11. The van der Waals surface area contributed by atoms with E-state index >= 15 is 0 Å². The Kier molecular flexibility index (Phi) is 4.36. The van der Waals surface area contributed by atoms with Gasteiger partial charge in [-0.05, 0) is 0 Å². The highest BCUT2D eigenvalue weighted by molar-refractivity contribution is 7.99. The van der Waals surface area contributed by atoms with Gasteiger partial charge in [0.15, 0.2) is 0 Å². The van der Waals surface area contributed by atoms with Crippen molar-refractivity contribution in [2.24, 2.45) is 0 Å². The van der Waals surface area contributed by atoms with E-state index in [2.05, 4.69) is 10.6 Å². The van der Waals surface area contributed by atoms with Crippen molar-refractivity contribution in [2.75, 3.05) is 50.8 Å². The minimum Gasteiger partial charge on any atom is -0.336 e. The Labute approximate surface area is 105 Å². The maximum absolute atomic E-state index is 11.2. The molecule has 0 aromatic carbocycles. The van der Waals surface area contributed by atoms with Gasteiger partial charge >= 0.3 is 12.1 Å². The van der Waals surface area contributed by atoms with Crippen LogP contribution in [0.1, 0.15) is 0 Å². The topological polar surface area (TPSA) is 64.7 Å². The fourth-order valence-corrected chi connectivity index (χ4v) is 2.80. The van der Waals surface area contributed by atoms with Gasteiger partial charge in [-0.1, -0.05) is 0 Å². The molecule has 4 amide bonds. The number of nitrogens with one attached hydrogen (secondary N) is 2. The molecule has 0 radical (unpaired) electrons. The molecule has 7 heteroatoms.